The van der Waals surface area contributed by atoms with Gasteiger partial charge in [-0.3, -0.25) is 0 Å². The molecule has 0 bridgehead atoms. The number of benzene rings is 1. The first-order valence-electron chi connectivity index (χ1n) is 5.20. The van der Waals surface area contributed by atoms with E-state index in [1.54, 1.807) is 0 Å². The number of alkyl carbamates (subject to hydrolysis) is 1. The zero-order valence-corrected chi connectivity index (χ0v) is 10.2. The van der Waals surface area contributed by atoms with E-state index < -0.39 is 0 Å². The second-order valence-corrected chi connectivity index (χ2v) is 4.12. The quantitative estimate of drug-likeness (QED) is 0.865. The molecule has 1 amide bonds. The second-order valence-electron chi connectivity index (χ2n) is 4.12. The standard InChI is InChI=1S/C12H15NO2.ClH/c1-8(2)9-3-5-10(6-4-9)11-7-15-12(14)13-11;/h3-6,8,11H,7H2,1-2H3,(H,13,14);1H/t11-;/m0./s1. The maximum atomic E-state index is 10.9. The van der Waals surface area contributed by atoms with Crippen LogP contribution < -0.4 is 5.32 Å². The molecule has 0 radical (unpaired) electrons. The van der Waals surface area contributed by atoms with Crippen molar-refractivity contribution in [2.24, 2.45) is 0 Å². The fourth-order valence-electron chi connectivity index (χ4n) is 1.68. The first kappa shape index (κ1) is 12.8. The summed E-state index contributed by atoms with van der Waals surface area (Å²) < 4.78 is 4.85. The molecule has 16 heavy (non-hydrogen) atoms. The van der Waals surface area contributed by atoms with Gasteiger partial charge in [0.1, 0.15) is 6.61 Å². The molecule has 1 fully saturated rings. The van der Waals surface area contributed by atoms with Crippen LogP contribution in [0.1, 0.15) is 36.9 Å². The molecular weight excluding hydrogens is 226 g/mol. The maximum absolute atomic E-state index is 10.9. The van der Waals surface area contributed by atoms with Crippen molar-refractivity contribution in [2.45, 2.75) is 25.8 Å². The van der Waals surface area contributed by atoms with Gasteiger partial charge >= 0.3 is 6.09 Å². The molecule has 0 unspecified atom stereocenters. The summed E-state index contributed by atoms with van der Waals surface area (Å²) >= 11 is 0. The van der Waals surface area contributed by atoms with Gasteiger partial charge in [0.15, 0.2) is 0 Å². The Morgan fingerprint density at radius 2 is 1.94 bits per heavy atom. The molecule has 1 aromatic carbocycles. The van der Waals surface area contributed by atoms with Crippen molar-refractivity contribution in [3.8, 4) is 0 Å². The van der Waals surface area contributed by atoms with Gasteiger partial charge in [-0.1, -0.05) is 38.1 Å². The van der Waals surface area contributed by atoms with E-state index in [9.17, 15) is 4.79 Å². The topological polar surface area (TPSA) is 38.3 Å². The van der Waals surface area contributed by atoms with Crippen molar-refractivity contribution in [3.63, 3.8) is 0 Å². The molecule has 1 N–H and O–H groups in total. The molecular formula is C12H16ClNO2. The number of ether oxygens (including phenoxy) is 1. The van der Waals surface area contributed by atoms with Gasteiger partial charge in [-0.15, -0.1) is 12.4 Å². The van der Waals surface area contributed by atoms with Crippen LogP contribution in [0.25, 0.3) is 0 Å². The van der Waals surface area contributed by atoms with E-state index >= 15 is 0 Å². The summed E-state index contributed by atoms with van der Waals surface area (Å²) in [5, 5.41) is 2.76. The van der Waals surface area contributed by atoms with Crippen molar-refractivity contribution in [2.75, 3.05) is 6.61 Å². The summed E-state index contributed by atoms with van der Waals surface area (Å²) in [5.74, 6) is 0.536. The van der Waals surface area contributed by atoms with Crippen LogP contribution in [0.2, 0.25) is 0 Å². The Morgan fingerprint density at radius 1 is 1.31 bits per heavy atom. The zero-order chi connectivity index (χ0) is 10.8. The van der Waals surface area contributed by atoms with Gasteiger partial charge in [-0.25, -0.2) is 4.79 Å². The fraction of sp³-hybridized carbons (Fsp3) is 0.417. The number of amides is 1. The summed E-state index contributed by atoms with van der Waals surface area (Å²) in [5.41, 5.74) is 2.41. The predicted octanol–water partition coefficient (Wildman–Crippen LogP) is 3.01. The highest BCUT2D eigenvalue weighted by Gasteiger charge is 2.23. The van der Waals surface area contributed by atoms with Gasteiger partial charge in [0.05, 0.1) is 6.04 Å². The molecule has 1 aromatic rings. The van der Waals surface area contributed by atoms with Crippen LogP contribution in [0.4, 0.5) is 4.79 Å². The molecule has 0 spiro atoms. The van der Waals surface area contributed by atoms with Gasteiger partial charge < -0.3 is 10.1 Å². The first-order valence-corrected chi connectivity index (χ1v) is 5.20. The predicted molar refractivity (Wildman–Crippen MR) is 65.0 cm³/mol. The third-order valence-electron chi connectivity index (χ3n) is 2.68. The normalized spacial score (nSPS) is 18.9. The molecule has 4 heteroatoms. The molecule has 88 valence electrons. The lowest BCUT2D eigenvalue weighted by Crippen LogP contribution is -2.18. The van der Waals surface area contributed by atoms with Crippen LogP contribution >= 0.6 is 12.4 Å². The lowest BCUT2D eigenvalue weighted by Gasteiger charge is -2.10. The molecule has 0 aliphatic carbocycles. The largest absolute Gasteiger partial charge is 0.447 e. The minimum Gasteiger partial charge on any atom is -0.447 e. The number of carbonyl (C=O) groups is 1. The zero-order valence-electron chi connectivity index (χ0n) is 9.40. The SMILES string of the molecule is CC(C)c1ccc([C@@H]2COC(=O)N2)cc1.Cl. The highest BCUT2D eigenvalue weighted by Crippen LogP contribution is 2.21. The number of rotatable bonds is 2. The highest BCUT2D eigenvalue weighted by molar-refractivity contribution is 5.85. The number of hydrogen-bond acceptors (Lipinski definition) is 2. The molecule has 0 saturated carbocycles. The summed E-state index contributed by atoms with van der Waals surface area (Å²) in [6, 6.07) is 8.32. The van der Waals surface area contributed by atoms with E-state index in [2.05, 4.69) is 43.4 Å². The molecule has 3 nitrogen and oxygen atoms in total. The molecule has 0 aromatic heterocycles. The summed E-state index contributed by atoms with van der Waals surface area (Å²) in [6.07, 6.45) is -0.326. The summed E-state index contributed by atoms with van der Waals surface area (Å²) in [4.78, 5) is 10.9. The third kappa shape index (κ3) is 2.67. The lowest BCUT2D eigenvalue weighted by molar-refractivity contribution is 0.177. The summed E-state index contributed by atoms with van der Waals surface area (Å²) in [6.45, 7) is 4.75. The number of cyclic esters (lactones) is 1. The Kier molecular flexibility index (Phi) is 4.19. The Bertz CT molecular complexity index is 362. The number of carbonyl (C=O) groups excluding carboxylic acids is 1. The molecule has 2 rings (SSSR count). The second kappa shape index (κ2) is 5.21. The van der Waals surface area contributed by atoms with Gasteiger partial charge in [-0.2, -0.15) is 0 Å². The number of halogens is 1. The van der Waals surface area contributed by atoms with Crippen molar-refractivity contribution in [1.82, 2.24) is 5.32 Å². The highest BCUT2D eigenvalue weighted by atomic mass is 35.5. The smallest absolute Gasteiger partial charge is 0.407 e. The van der Waals surface area contributed by atoms with E-state index in [4.69, 9.17) is 4.74 Å². The minimum absolute atomic E-state index is 0. The van der Waals surface area contributed by atoms with Crippen molar-refractivity contribution in [3.05, 3.63) is 35.4 Å². The Balaban J connectivity index is 0.00000128. The Hall–Kier alpha value is -1.22. The minimum atomic E-state index is -0.326. The van der Waals surface area contributed by atoms with E-state index in [0.29, 0.717) is 12.5 Å². The van der Waals surface area contributed by atoms with E-state index in [1.807, 2.05) is 0 Å². The maximum Gasteiger partial charge on any atom is 0.407 e. The van der Waals surface area contributed by atoms with Gasteiger partial charge in [0, 0.05) is 0 Å². The summed E-state index contributed by atoms with van der Waals surface area (Å²) in [7, 11) is 0. The lowest BCUT2D eigenvalue weighted by atomic mass is 9.99. The molecule has 1 aliphatic heterocycles. The third-order valence-corrected chi connectivity index (χ3v) is 2.68. The molecule has 1 atom stereocenters. The van der Waals surface area contributed by atoms with Crippen molar-refractivity contribution in [1.29, 1.82) is 0 Å². The van der Waals surface area contributed by atoms with Gasteiger partial charge in [0.2, 0.25) is 0 Å². The van der Waals surface area contributed by atoms with Crippen LogP contribution in [0.5, 0.6) is 0 Å². The average Bonchev–Trinajstić information content (AvgIpc) is 2.65. The Morgan fingerprint density at radius 3 is 2.38 bits per heavy atom. The molecule has 1 saturated heterocycles. The van der Waals surface area contributed by atoms with E-state index in [0.717, 1.165) is 5.56 Å². The van der Waals surface area contributed by atoms with Gasteiger partial charge in [-0.05, 0) is 17.0 Å². The van der Waals surface area contributed by atoms with Crippen LogP contribution in [0.3, 0.4) is 0 Å². The molecule has 1 heterocycles. The van der Waals surface area contributed by atoms with Gasteiger partial charge in [0.25, 0.3) is 0 Å². The van der Waals surface area contributed by atoms with Crippen molar-refractivity contribution < 1.29 is 9.53 Å². The number of hydrogen-bond donors (Lipinski definition) is 1. The van der Waals surface area contributed by atoms with Crippen LogP contribution in [0.15, 0.2) is 24.3 Å². The molecule has 1 aliphatic rings. The monoisotopic (exact) mass is 241 g/mol. The van der Waals surface area contributed by atoms with Crippen LogP contribution in [-0.4, -0.2) is 12.7 Å². The first-order chi connectivity index (χ1) is 7.16. The van der Waals surface area contributed by atoms with E-state index in [1.165, 1.54) is 5.56 Å². The number of nitrogens with one attached hydrogen (secondary N) is 1. The van der Waals surface area contributed by atoms with Crippen LogP contribution in [-0.2, 0) is 4.74 Å². The van der Waals surface area contributed by atoms with Crippen LogP contribution in [0, 0.1) is 0 Å². The Labute approximate surface area is 102 Å². The van der Waals surface area contributed by atoms with Crippen molar-refractivity contribution >= 4 is 18.5 Å². The van der Waals surface area contributed by atoms with E-state index in [-0.39, 0.29) is 24.5 Å². The average molecular weight is 242 g/mol. The fourth-order valence-corrected chi connectivity index (χ4v) is 1.68.